The molecule has 0 radical (unpaired) electrons. The number of anilines is 1. The molecule has 4 heteroatoms. The van der Waals surface area contributed by atoms with Gasteiger partial charge in [0.25, 0.3) is 0 Å². The predicted molar refractivity (Wildman–Crippen MR) is 91.5 cm³/mol. The van der Waals surface area contributed by atoms with E-state index in [1.165, 1.54) is 0 Å². The van der Waals surface area contributed by atoms with Crippen LogP contribution in [-0.4, -0.2) is 4.98 Å². The summed E-state index contributed by atoms with van der Waals surface area (Å²) in [6, 6.07) is 19.3. The first kappa shape index (κ1) is 14.2. The Morgan fingerprint density at radius 1 is 0.955 bits per heavy atom. The molecule has 1 aromatic heterocycles. The molecule has 0 aliphatic heterocycles. The second kappa shape index (κ2) is 5.92. The molecule has 0 spiro atoms. The van der Waals surface area contributed by atoms with Gasteiger partial charge in [0.1, 0.15) is 5.82 Å². The van der Waals surface area contributed by atoms with Gasteiger partial charge < -0.3 is 5.73 Å². The highest BCUT2D eigenvalue weighted by atomic mass is 32.1. The molecule has 1 heterocycles. The number of aromatic nitrogens is 1. The molecule has 3 rings (SSSR count). The average molecular weight is 303 g/mol. The van der Waals surface area contributed by atoms with E-state index >= 15 is 0 Å². The fourth-order valence-electron chi connectivity index (χ4n) is 2.27. The van der Waals surface area contributed by atoms with E-state index in [1.807, 2.05) is 48.5 Å². The summed E-state index contributed by atoms with van der Waals surface area (Å²) < 4.78 is 0. The number of nitrogens with two attached hydrogens (primary N) is 1. The maximum atomic E-state index is 9.03. The van der Waals surface area contributed by atoms with Gasteiger partial charge in [0.2, 0.25) is 0 Å². The van der Waals surface area contributed by atoms with E-state index in [4.69, 9.17) is 11.0 Å². The number of nitrogen functional groups attached to an aromatic ring is 1. The van der Waals surface area contributed by atoms with Crippen LogP contribution in [0.2, 0.25) is 0 Å². The monoisotopic (exact) mass is 303 g/mol. The molecule has 0 saturated heterocycles. The highest BCUT2D eigenvalue weighted by Crippen LogP contribution is 2.30. The summed E-state index contributed by atoms with van der Waals surface area (Å²) in [7, 11) is 0. The molecule has 106 valence electrons. The number of pyridine rings is 1. The third kappa shape index (κ3) is 2.80. The molecular weight excluding hydrogens is 290 g/mol. The van der Waals surface area contributed by atoms with Crippen LogP contribution in [-0.2, 0) is 0 Å². The van der Waals surface area contributed by atoms with Crippen molar-refractivity contribution in [3.8, 4) is 28.3 Å². The number of thiol groups is 1. The van der Waals surface area contributed by atoms with E-state index in [0.717, 1.165) is 27.1 Å². The Morgan fingerprint density at radius 2 is 1.73 bits per heavy atom. The van der Waals surface area contributed by atoms with Crippen molar-refractivity contribution in [3.63, 3.8) is 0 Å². The lowest BCUT2D eigenvalue weighted by Gasteiger charge is -2.09. The number of benzene rings is 2. The van der Waals surface area contributed by atoms with Gasteiger partial charge in [-0.3, -0.25) is 0 Å². The van der Waals surface area contributed by atoms with Crippen molar-refractivity contribution in [1.82, 2.24) is 4.98 Å². The minimum atomic E-state index is 0.449. The zero-order valence-corrected chi connectivity index (χ0v) is 12.6. The van der Waals surface area contributed by atoms with Crippen molar-refractivity contribution in [2.75, 3.05) is 5.73 Å². The molecule has 3 nitrogen and oxygen atoms in total. The Balaban J connectivity index is 2.10. The van der Waals surface area contributed by atoms with E-state index < -0.39 is 0 Å². The van der Waals surface area contributed by atoms with Crippen molar-refractivity contribution in [2.24, 2.45) is 0 Å². The van der Waals surface area contributed by atoms with E-state index in [-0.39, 0.29) is 0 Å². The molecule has 2 aromatic carbocycles. The van der Waals surface area contributed by atoms with Gasteiger partial charge in [0, 0.05) is 22.2 Å². The molecule has 2 N–H and O–H groups in total. The number of rotatable bonds is 2. The van der Waals surface area contributed by atoms with Crippen LogP contribution in [0.5, 0.6) is 0 Å². The van der Waals surface area contributed by atoms with Crippen LogP contribution in [0, 0.1) is 11.3 Å². The molecule has 0 aliphatic rings. The number of nitrogens with zero attached hydrogens (tertiary/aromatic N) is 2. The lowest BCUT2D eigenvalue weighted by atomic mass is 10.00. The van der Waals surface area contributed by atoms with Gasteiger partial charge >= 0.3 is 0 Å². The molecule has 0 unspecified atom stereocenters. The third-order valence-electron chi connectivity index (χ3n) is 3.42. The van der Waals surface area contributed by atoms with Crippen LogP contribution in [0.25, 0.3) is 22.3 Å². The number of hydrogen-bond acceptors (Lipinski definition) is 4. The highest BCUT2D eigenvalue weighted by Gasteiger charge is 2.08. The van der Waals surface area contributed by atoms with E-state index in [1.54, 1.807) is 12.3 Å². The van der Waals surface area contributed by atoms with Gasteiger partial charge in [0.05, 0.1) is 11.6 Å². The molecule has 0 fully saturated rings. The van der Waals surface area contributed by atoms with Crippen LogP contribution >= 0.6 is 12.6 Å². The Kier molecular flexibility index (Phi) is 3.82. The van der Waals surface area contributed by atoms with Crippen molar-refractivity contribution in [3.05, 3.63) is 66.4 Å². The molecule has 0 saturated carbocycles. The van der Waals surface area contributed by atoms with Crippen LogP contribution in [0.1, 0.15) is 5.56 Å². The maximum Gasteiger partial charge on any atom is 0.131 e. The molecule has 3 aromatic rings. The summed E-state index contributed by atoms with van der Waals surface area (Å²) in [5.74, 6) is 0.449. The smallest absolute Gasteiger partial charge is 0.131 e. The topological polar surface area (TPSA) is 62.7 Å². The summed E-state index contributed by atoms with van der Waals surface area (Å²) in [6.07, 6.45) is 1.75. The molecule has 0 amide bonds. The van der Waals surface area contributed by atoms with Crippen molar-refractivity contribution in [1.29, 1.82) is 5.26 Å². The molecule has 0 bridgehead atoms. The molecular formula is C18H13N3S. The van der Waals surface area contributed by atoms with Gasteiger partial charge in [0.15, 0.2) is 0 Å². The van der Waals surface area contributed by atoms with Gasteiger partial charge in [-0.1, -0.05) is 24.3 Å². The van der Waals surface area contributed by atoms with Crippen molar-refractivity contribution in [2.45, 2.75) is 4.90 Å². The lowest BCUT2D eigenvalue weighted by molar-refractivity contribution is 1.33. The van der Waals surface area contributed by atoms with Crippen LogP contribution in [0.15, 0.2) is 65.7 Å². The maximum absolute atomic E-state index is 9.03. The summed E-state index contributed by atoms with van der Waals surface area (Å²) in [6.45, 7) is 0. The first-order valence-corrected chi connectivity index (χ1v) is 7.17. The largest absolute Gasteiger partial charge is 0.383 e. The van der Waals surface area contributed by atoms with Gasteiger partial charge in [-0.05, 0) is 41.5 Å². The van der Waals surface area contributed by atoms with Crippen LogP contribution in [0.4, 0.5) is 5.82 Å². The summed E-state index contributed by atoms with van der Waals surface area (Å²) >= 11 is 4.29. The SMILES string of the molecule is N#Cc1cccc(-c2cc(-c3ccc(S)cc3)cnc2N)c1. The minimum Gasteiger partial charge on any atom is -0.383 e. The quantitative estimate of drug-likeness (QED) is 0.699. The average Bonchev–Trinajstić information content (AvgIpc) is 2.56. The number of hydrogen-bond donors (Lipinski definition) is 2. The summed E-state index contributed by atoms with van der Waals surface area (Å²) in [5, 5.41) is 9.03. The number of nitriles is 1. The van der Waals surface area contributed by atoms with Crippen LogP contribution in [0.3, 0.4) is 0 Å². The van der Waals surface area contributed by atoms with Gasteiger partial charge in [-0.15, -0.1) is 12.6 Å². The molecule has 0 aliphatic carbocycles. The Morgan fingerprint density at radius 3 is 2.45 bits per heavy atom. The summed E-state index contributed by atoms with van der Waals surface area (Å²) in [5.41, 5.74) is 10.3. The zero-order chi connectivity index (χ0) is 15.5. The van der Waals surface area contributed by atoms with E-state index in [2.05, 4.69) is 23.7 Å². The Bertz CT molecular complexity index is 864. The Hall–Kier alpha value is -2.77. The predicted octanol–water partition coefficient (Wildman–Crippen LogP) is 4.16. The minimum absolute atomic E-state index is 0.449. The fraction of sp³-hybridized carbons (Fsp3) is 0. The van der Waals surface area contributed by atoms with Gasteiger partial charge in [-0.25, -0.2) is 4.98 Å². The van der Waals surface area contributed by atoms with Crippen molar-refractivity contribution < 1.29 is 0 Å². The first-order valence-electron chi connectivity index (χ1n) is 6.73. The highest BCUT2D eigenvalue weighted by molar-refractivity contribution is 7.80. The third-order valence-corrected chi connectivity index (χ3v) is 3.72. The van der Waals surface area contributed by atoms with E-state index in [0.29, 0.717) is 11.4 Å². The fourth-order valence-corrected chi connectivity index (χ4v) is 2.42. The van der Waals surface area contributed by atoms with Gasteiger partial charge in [-0.2, -0.15) is 5.26 Å². The normalized spacial score (nSPS) is 10.2. The van der Waals surface area contributed by atoms with E-state index in [9.17, 15) is 0 Å². The second-order valence-corrected chi connectivity index (χ2v) is 5.41. The zero-order valence-electron chi connectivity index (χ0n) is 11.7. The lowest BCUT2D eigenvalue weighted by Crippen LogP contribution is -1.95. The molecule has 0 atom stereocenters. The standard InChI is InChI=1S/C18H13N3S/c19-10-12-2-1-3-14(8-12)17-9-15(11-21-18(17)20)13-4-6-16(22)7-5-13/h1-9,11,22H,(H2,20,21). The summed E-state index contributed by atoms with van der Waals surface area (Å²) in [4.78, 5) is 5.20. The second-order valence-electron chi connectivity index (χ2n) is 4.90. The van der Waals surface area contributed by atoms with Crippen molar-refractivity contribution >= 4 is 18.4 Å². The first-order chi connectivity index (χ1) is 10.7. The Labute approximate surface area is 134 Å². The van der Waals surface area contributed by atoms with Crippen LogP contribution < -0.4 is 5.73 Å². The molecule has 22 heavy (non-hydrogen) atoms.